The van der Waals surface area contributed by atoms with E-state index in [0.717, 1.165) is 6.42 Å². The number of nitrogens with two attached hydrogens (primary N) is 1. The van der Waals surface area contributed by atoms with Crippen molar-refractivity contribution in [2.45, 2.75) is 32.7 Å². The lowest BCUT2D eigenvalue weighted by molar-refractivity contribution is -0.121. The molecule has 2 amide bonds. The topological polar surface area (TPSA) is 97.1 Å². The fourth-order valence-electron chi connectivity index (χ4n) is 1.45. The second-order valence-electron chi connectivity index (χ2n) is 4.35. The van der Waals surface area contributed by atoms with Gasteiger partial charge in [-0.15, -0.1) is 0 Å². The number of aromatic nitrogens is 1. The van der Waals surface area contributed by atoms with Crippen molar-refractivity contribution < 1.29 is 9.59 Å². The minimum atomic E-state index is -0.295. The first-order valence-corrected chi connectivity index (χ1v) is 6.31. The van der Waals surface area contributed by atoms with Gasteiger partial charge in [-0.1, -0.05) is 6.92 Å². The number of carbonyl (C=O) groups excluding carboxylic acids is 2. The predicted molar refractivity (Wildman–Crippen MR) is 73.5 cm³/mol. The van der Waals surface area contributed by atoms with Crippen LogP contribution in [0, 0.1) is 0 Å². The van der Waals surface area contributed by atoms with Crippen molar-refractivity contribution in [1.29, 1.82) is 0 Å². The van der Waals surface area contributed by atoms with Crippen molar-refractivity contribution in [3.8, 4) is 0 Å². The Kier molecular flexibility index (Phi) is 5.78. The second kappa shape index (κ2) is 7.35. The molecule has 6 heteroatoms. The Morgan fingerprint density at radius 1 is 1.47 bits per heavy atom. The number of anilines is 1. The normalized spacial score (nSPS) is 11.7. The van der Waals surface area contributed by atoms with E-state index in [1.165, 1.54) is 12.4 Å². The van der Waals surface area contributed by atoms with E-state index in [4.69, 9.17) is 5.73 Å². The molecule has 0 spiro atoms. The fourth-order valence-corrected chi connectivity index (χ4v) is 1.45. The van der Waals surface area contributed by atoms with Crippen LogP contribution in [-0.4, -0.2) is 29.4 Å². The van der Waals surface area contributed by atoms with Crippen molar-refractivity contribution >= 4 is 17.5 Å². The molecular formula is C13H20N4O2. The minimum Gasteiger partial charge on any atom is -0.397 e. The van der Waals surface area contributed by atoms with E-state index in [9.17, 15) is 9.59 Å². The van der Waals surface area contributed by atoms with Gasteiger partial charge >= 0.3 is 0 Å². The third kappa shape index (κ3) is 4.95. The van der Waals surface area contributed by atoms with Gasteiger partial charge in [-0.05, 0) is 19.4 Å². The zero-order valence-corrected chi connectivity index (χ0v) is 11.3. The molecule has 0 aliphatic carbocycles. The molecule has 0 fully saturated rings. The van der Waals surface area contributed by atoms with E-state index in [0.29, 0.717) is 11.3 Å². The number of nitrogen functional groups attached to an aromatic ring is 1. The third-order valence-electron chi connectivity index (χ3n) is 2.75. The van der Waals surface area contributed by atoms with Crippen LogP contribution in [-0.2, 0) is 4.79 Å². The molecular weight excluding hydrogens is 244 g/mol. The van der Waals surface area contributed by atoms with E-state index < -0.39 is 0 Å². The van der Waals surface area contributed by atoms with E-state index in [2.05, 4.69) is 15.6 Å². The summed E-state index contributed by atoms with van der Waals surface area (Å²) < 4.78 is 0. The van der Waals surface area contributed by atoms with Crippen LogP contribution in [0.4, 0.5) is 5.69 Å². The van der Waals surface area contributed by atoms with Gasteiger partial charge in [0.1, 0.15) is 0 Å². The molecule has 0 aliphatic rings. The molecule has 0 saturated carbocycles. The third-order valence-corrected chi connectivity index (χ3v) is 2.75. The number of rotatable bonds is 6. The first kappa shape index (κ1) is 14.9. The van der Waals surface area contributed by atoms with Gasteiger partial charge in [0.05, 0.1) is 17.4 Å². The van der Waals surface area contributed by atoms with Gasteiger partial charge in [-0.2, -0.15) is 0 Å². The summed E-state index contributed by atoms with van der Waals surface area (Å²) >= 11 is 0. The van der Waals surface area contributed by atoms with E-state index in [1.54, 1.807) is 6.07 Å². The molecule has 1 aromatic heterocycles. The maximum absolute atomic E-state index is 11.8. The Hall–Kier alpha value is -2.11. The SMILES string of the molecule is CCC(C)NC(=O)CCNC(=O)c1ccncc1N. The number of pyridine rings is 1. The van der Waals surface area contributed by atoms with Crippen LogP contribution in [0.25, 0.3) is 0 Å². The molecule has 0 saturated heterocycles. The van der Waals surface area contributed by atoms with Gasteiger partial charge in [0.25, 0.3) is 5.91 Å². The van der Waals surface area contributed by atoms with Crippen LogP contribution < -0.4 is 16.4 Å². The number of amides is 2. The summed E-state index contributed by atoms with van der Waals surface area (Å²) in [7, 11) is 0. The zero-order chi connectivity index (χ0) is 14.3. The molecule has 0 aromatic carbocycles. The van der Waals surface area contributed by atoms with Crippen molar-refractivity contribution in [3.63, 3.8) is 0 Å². The Labute approximate surface area is 112 Å². The number of hydrogen-bond donors (Lipinski definition) is 3. The molecule has 104 valence electrons. The Morgan fingerprint density at radius 3 is 2.84 bits per heavy atom. The highest BCUT2D eigenvalue weighted by Crippen LogP contribution is 2.07. The maximum Gasteiger partial charge on any atom is 0.253 e. The summed E-state index contributed by atoms with van der Waals surface area (Å²) in [6, 6.07) is 1.70. The van der Waals surface area contributed by atoms with Gasteiger partial charge in [0.15, 0.2) is 0 Å². The van der Waals surface area contributed by atoms with Gasteiger partial charge < -0.3 is 16.4 Å². The maximum atomic E-state index is 11.8. The highest BCUT2D eigenvalue weighted by Gasteiger charge is 2.10. The number of nitrogens with zero attached hydrogens (tertiary/aromatic N) is 1. The summed E-state index contributed by atoms with van der Waals surface area (Å²) in [5.74, 6) is -0.367. The fraction of sp³-hybridized carbons (Fsp3) is 0.462. The Bertz CT molecular complexity index is 448. The zero-order valence-electron chi connectivity index (χ0n) is 11.3. The molecule has 6 nitrogen and oxygen atoms in total. The minimum absolute atomic E-state index is 0.0719. The standard InChI is InChI=1S/C13H20N4O2/c1-3-9(2)17-12(18)5-7-16-13(19)10-4-6-15-8-11(10)14/h4,6,8-9H,3,5,7,14H2,1-2H3,(H,16,19)(H,17,18). The molecule has 0 aliphatic heterocycles. The highest BCUT2D eigenvalue weighted by molar-refractivity contribution is 5.98. The molecule has 4 N–H and O–H groups in total. The molecule has 0 radical (unpaired) electrons. The van der Waals surface area contributed by atoms with Crippen molar-refractivity contribution in [2.24, 2.45) is 0 Å². The van der Waals surface area contributed by atoms with E-state index >= 15 is 0 Å². The number of carbonyl (C=O) groups is 2. The molecule has 1 aromatic rings. The summed E-state index contributed by atoms with van der Waals surface area (Å²) in [6.07, 6.45) is 4.05. The lowest BCUT2D eigenvalue weighted by atomic mass is 10.2. The number of nitrogens with one attached hydrogen (secondary N) is 2. The summed E-state index contributed by atoms with van der Waals surface area (Å²) in [6.45, 7) is 4.22. The van der Waals surface area contributed by atoms with Gasteiger partial charge in [-0.3, -0.25) is 14.6 Å². The van der Waals surface area contributed by atoms with Crippen LogP contribution in [0.1, 0.15) is 37.0 Å². The largest absolute Gasteiger partial charge is 0.397 e. The van der Waals surface area contributed by atoms with Crippen LogP contribution in [0.3, 0.4) is 0 Å². The molecule has 1 rings (SSSR count). The highest BCUT2D eigenvalue weighted by atomic mass is 16.2. The first-order chi connectivity index (χ1) is 9.04. The van der Waals surface area contributed by atoms with Crippen LogP contribution in [0.5, 0.6) is 0 Å². The van der Waals surface area contributed by atoms with E-state index in [1.807, 2.05) is 13.8 Å². The molecule has 19 heavy (non-hydrogen) atoms. The smallest absolute Gasteiger partial charge is 0.253 e. The van der Waals surface area contributed by atoms with Crippen molar-refractivity contribution in [1.82, 2.24) is 15.6 Å². The molecule has 0 bridgehead atoms. The van der Waals surface area contributed by atoms with Crippen LogP contribution in [0.15, 0.2) is 18.5 Å². The van der Waals surface area contributed by atoms with Crippen molar-refractivity contribution in [2.75, 3.05) is 12.3 Å². The van der Waals surface area contributed by atoms with Gasteiger partial charge in [0.2, 0.25) is 5.91 Å². The summed E-state index contributed by atoms with van der Waals surface area (Å²) in [4.78, 5) is 27.1. The van der Waals surface area contributed by atoms with E-state index in [-0.39, 0.29) is 30.8 Å². The average Bonchev–Trinajstić information content (AvgIpc) is 2.38. The number of hydrogen-bond acceptors (Lipinski definition) is 4. The summed E-state index contributed by atoms with van der Waals surface area (Å²) in [5, 5.41) is 5.48. The molecule has 1 heterocycles. The van der Waals surface area contributed by atoms with Gasteiger partial charge in [0, 0.05) is 25.2 Å². The molecule has 1 atom stereocenters. The van der Waals surface area contributed by atoms with Crippen LogP contribution >= 0.6 is 0 Å². The van der Waals surface area contributed by atoms with Gasteiger partial charge in [-0.25, -0.2) is 0 Å². The monoisotopic (exact) mass is 264 g/mol. The lowest BCUT2D eigenvalue weighted by Gasteiger charge is -2.11. The lowest BCUT2D eigenvalue weighted by Crippen LogP contribution is -2.35. The summed E-state index contributed by atoms with van der Waals surface area (Å²) in [5.41, 5.74) is 6.33. The Morgan fingerprint density at radius 2 is 2.21 bits per heavy atom. The Balaban J connectivity index is 2.36. The second-order valence-corrected chi connectivity index (χ2v) is 4.35. The van der Waals surface area contributed by atoms with Crippen molar-refractivity contribution in [3.05, 3.63) is 24.0 Å². The first-order valence-electron chi connectivity index (χ1n) is 6.31. The quantitative estimate of drug-likeness (QED) is 0.704. The van der Waals surface area contributed by atoms with Crippen LogP contribution in [0.2, 0.25) is 0 Å². The molecule has 1 unspecified atom stereocenters. The average molecular weight is 264 g/mol. The predicted octanol–water partition coefficient (Wildman–Crippen LogP) is 0.698.